The van der Waals surface area contributed by atoms with E-state index in [4.69, 9.17) is 9.88 Å². The van der Waals surface area contributed by atoms with Crippen LogP contribution in [0.25, 0.3) is 0 Å². The number of primary sulfonamides is 1. The molecule has 0 bridgehead atoms. The molecular weight excluding hydrogens is 422 g/mol. The first-order chi connectivity index (χ1) is 14.2. The Labute approximate surface area is 182 Å². The fraction of sp³-hybridized carbons (Fsp3) is 0.429. The number of likely N-dealkylation sites (N-methyl/N-ethyl adjacent to an activating group) is 1. The van der Waals surface area contributed by atoms with Crippen LogP contribution in [0.3, 0.4) is 0 Å². The Morgan fingerprint density at radius 2 is 2.07 bits per heavy atom. The van der Waals surface area contributed by atoms with Crippen LogP contribution in [0.5, 0.6) is 11.5 Å². The molecule has 9 heteroatoms. The first kappa shape index (κ1) is 23.1. The van der Waals surface area contributed by atoms with Crippen LogP contribution in [-0.4, -0.2) is 57.0 Å². The van der Waals surface area contributed by atoms with Crippen LogP contribution in [0.4, 0.5) is 0 Å². The van der Waals surface area contributed by atoms with E-state index < -0.39 is 10.0 Å². The molecule has 164 valence electrons. The highest BCUT2D eigenvalue weighted by atomic mass is 32.2. The molecule has 0 amide bonds. The lowest BCUT2D eigenvalue weighted by molar-refractivity contribution is 0.189. The van der Waals surface area contributed by atoms with Crippen molar-refractivity contribution in [1.29, 1.82) is 0 Å². The van der Waals surface area contributed by atoms with Gasteiger partial charge >= 0.3 is 0 Å². The van der Waals surface area contributed by atoms with E-state index in [-0.39, 0.29) is 17.0 Å². The van der Waals surface area contributed by atoms with E-state index in [9.17, 15) is 13.5 Å². The number of aliphatic hydroxyl groups excluding tert-OH is 1. The van der Waals surface area contributed by atoms with Crippen molar-refractivity contribution in [3.63, 3.8) is 0 Å². The molecule has 1 fully saturated rings. The number of sulfonamides is 1. The number of aliphatic hydroxyl groups is 1. The van der Waals surface area contributed by atoms with Gasteiger partial charge in [0.15, 0.2) is 0 Å². The molecule has 0 aliphatic carbocycles. The molecule has 1 heterocycles. The van der Waals surface area contributed by atoms with Crippen molar-refractivity contribution in [3.8, 4) is 11.5 Å². The number of nitrogens with zero attached hydrogens (tertiary/aromatic N) is 1. The molecule has 4 N–H and O–H groups in total. The summed E-state index contributed by atoms with van der Waals surface area (Å²) >= 11 is 1.68. The van der Waals surface area contributed by atoms with Gasteiger partial charge in [0, 0.05) is 36.1 Å². The zero-order valence-electron chi connectivity index (χ0n) is 17.5. The zero-order valence-corrected chi connectivity index (χ0v) is 19.1. The largest absolute Gasteiger partial charge is 0.457 e. The van der Waals surface area contributed by atoms with Gasteiger partial charge in [-0.05, 0) is 68.6 Å². The maximum absolute atomic E-state index is 11.9. The molecule has 1 aliphatic heterocycles. The van der Waals surface area contributed by atoms with Crippen molar-refractivity contribution in [3.05, 3.63) is 47.5 Å². The Morgan fingerprint density at radius 1 is 1.30 bits per heavy atom. The molecule has 7 nitrogen and oxygen atoms in total. The lowest BCUT2D eigenvalue weighted by atomic mass is 10.1. The molecule has 0 aromatic heterocycles. The molecule has 3 rings (SSSR count). The van der Waals surface area contributed by atoms with Crippen LogP contribution < -0.4 is 15.2 Å². The topological polar surface area (TPSA) is 105 Å². The van der Waals surface area contributed by atoms with Crippen molar-refractivity contribution in [2.24, 2.45) is 5.14 Å². The van der Waals surface area contributed by atoms with Gasteiger partial charge in [0.05, 0.1) is 11.0 Å². The molecular formula is C21H29N3O4S2. The third-order valence-corrected chi connectivity index (χ3v) is 6.93. The van der Waals surface area contributed by atoms with Crippen LogP contribution >= 0.6 is 11.8 Å². The normalized spacial score (nSPS) is 19.4. The van der Waals surface area contributed by atoms with Gasteiger partial charge in [0.25, 0.3) is 0 Å². The van der Waals surface area contributed by atoms with Gasteiger partial charge < -0.3 is 20.1 Å². The Morgan fingerprint density at radius 3 is 2.67 bits per heavy atom. The number of benzene rings is 2. The Bertz CT molecular complexity index is 998. The average molecular weight is 452 g/mol. The van der Waals surface area contributed by atoms with E-state index in [1.807, 2.05) is 38.4 Å². The smallest absolute Gasteiger partial charge is 0.238 e. The SMILES string of the molecule is CSc1ccc(Oc2ccc(S(N)(=O)=O)cc2CN(C)CC2C[C@@H](O)CN2)cc1C. The van der Waals surface area contributed by atoms with Crippen molar-refractivity contribution in [2.75, 3.05) is 26.4 Å². The van der Waals surface area contributed by atoms with Gasteiger partial charge in [-0.25, -0.2) is 13.6 Å². The van der Waals surface area contributed by atoms with E-state index >= 15 is 0 Å². The molecule has 30 heavy (non-hydrogen) atoms. The Kier molecular flexibility index (Phi) is 7.43. The highest BCUT2D eigenvalue weighted by Gasteiger charge is 2.23. The van der Waals surface area contributed by atoms with Gasteiger partial charge in [-0.3, -0.25) is 0 Å². The second-order valence-electron chi connectivity index (χ2n) is 7.74. The quantitative estimate of drug-likeness (QED) is 0.529. The van der Waals surface area contributed by atoms with Crippen molar-refractivity contribution >= 4 is 21.8 Å². The van der Waals surface area contributed by atoms with E-state index in [0.717, 1.165) is 17.7 Å². The number of nitrogens with two attached hydrogens (primary N) is 1. The minimum atomic E-state index is -3.82. The first-order valence-electron chi connectivity index (χ1n) is 9.74. The highest BCUT2D eigenvalue weighted by Crippen LogP contribution is 2.31. The molecule has 0 radical (unpaired) electrons. The number of rotatable bonds is 8. The summed E-state index contributed by atoms with van der Waals surface area (Å²) in [7, 11) is -1.86. The van der Waals surface area contributed by atoms with Crippen molar-refractivity contribution in [2.45, 2.75) is 41.8 Å². The molecule has 1 saturated heterocycles. The fourth-order valence-corrected chi connectivity index (χ4v) is 4.82. The van der Waals surface area contributed by atoms with Crippen LogP contribution in [0.1, 0.15) is 17.5 Å². The number of nitrogens with one attached hydrogen (secondary N) is 1. The Hall–Kier alpha value is -1.62. The van der Waals surface area contributed by atoms with E-state index in [1.54, 1.807) is 23.9 Å². The summed E-state index contributed by atoms with van der Waals surface area (Å²) in [5, 5.41) is 18.3. The summed E-state index contributed by atoms with van der Waals surface area (Å²) in [5.74, 6) is 1.28. The molecule has 0 saturated carbocycles. The summed E-state index contributed by atoms with van der Waals surface area (Å²) in [5.41, 5.74) is 1.85. The summed E-state index contributed by atoms with van der Waals surface area (Å²) in [6.07, 6.45) is 2.41. The number of aryl methyl sites for hydroxylation is 1. The summed E-state index contributed by atoms with van der Waals surface area (Å²) in [6, 6.07) is 10.8. The lowest BCUT2D eigenvalue weighted by Gasteiger charge is -2.23. The highest BCUT2D eigenvalue weighted by molar-refractivity contribution is 7.98. The summed E-state index contributed by atoms with van der Waals surface area (Å²) < 4.78 is 29.8. The molecule has 1 aliphatic rings. The molecule has 1 unspecified atom stereocenters. The zero-order chi connectivity index (χ0) is 21.9. The molecule has 2 aromatic carbocycles. The minimum Gasteiger partial charge on any atom is -0.457 e. The van der Waals surface area contributed by atoms with Gasteiger partial charge in [0.2, 0.25) is 10.0 Å². The maximum Gasteiger partial charge on any atom is 0.238 e. The second-order valence-corrected chi connectivity index (χ2v) is 10.1. The number of β-amino-alcohol motifs (C(OH)–C–C–N with tert-alkyl or cyclic N) is 1. The lowest BCUT2D eigenvalue weighted by Crippen LogP contribution is -2.35. The van der Waals surface area contributed by atoms with Crippen molar-refractivity contribution in [1.82, 2.24) is 10.2 Å². The maximum atomic E-state index is 11.9. The van der Waals surface area contributed by atoms with E-state index in [1.165, 1.54) is 11.0 Å². The fourth-order valence-electron chi connectivity index (χ4n) is 3.67. The predicted octanol–water partition coefficient (Wildman–Crippen LogP) is 2.31. The first-order valence-corrected chi connectivity index (χ1v) is 12.5. The van der Waals surface area contributed by atoms with Crippen LogP contribution in [0.2, 0.25) is 0 Å². The number of thioether (sulfide) groups is 1. The van der Waals surface area contributed by atoms with Crippen LogP contribution in [0.15, 0.2) is 46.2 Å². The van der Waals surface area contributed by atoms with Gasteiger partial charge in [-0.1, -0.05) is 0 Å². The molecule has 0 spiro atoms. The van der Waals surface area contributed by atoms with Gasteiger partial charge in [0.1, 0.15) is 11.5 Å². The summed E-state index contributed by atoms with van der Waals surface area (Å²) in [4.78, 5) is 3.31. The van der Waals surface area contributed by atoms with E-state index in [2.05, 4.69) is 10.2 Å². The number of hydrogen-bond donors (Lipinski definition) is 3. The number of hydrogen-bond acceptors (Lipinski definition) is 7. The van der Waals surface area contributed by atoms with Gasteiger partial charge in [-0.15, -0.1) is 11.8 Å². The molecule has 2 atom stereocenters. The summed E-state index contributed by atoms with van der Waals surface area (Å²) in [6.45, 7) is 3.83. The average Bonchev–Trinajstić information content (AvgIpc) is 3.07. The van der Waals surface area contributed by atoms with E-state index in [0.29, 0.717) is 31.0 Å². The third kappa shape index (κ3) is 5.96. The van der Waals surface area contributed by atoms with Crippen molar-refractivity contribution < 1.29 is 18.3 Å². The number of ether oxygens (including phenoxy) is 1. The van der Waals surface area contributed by atoms with Crippen LogP contribution in [0, 0.1) is 6.92 Å². The van der Waals surface area contributed by atoms with Gasteiger partial charge in [-0.2, -0.15) is 0 Å². The molecule has 2 aromatic rings. The Balaban J connectivity index is 1.84. The predicted molar refractivity (Wildman–Crippen MR) is 120 cm³/mol. The minimum absolute atomic E-state index is 0.0570. The third-order valence-electron chi connectivity index (χ3n) is 5.13. The standard InChI is InChI=1S/C21H29N3O4S2/c1-14-8-18(4-7-21(14)29-3)28-20-6-5-19(30(22,26)27)9-15(20)12-24(2)13-16-10-17(25)11-23-16/h4-9,16-17,23,25H,10-13H2,1-3H3,(H2,22,26,27)/t16?,17-/m1/s1. The second kappa shape index (κ2) is 9.67. The monoisotopic (exact) mass is 451 g/mol. The van der Waals surface area contributed by atoms with Crippen LogP contribution in [-0.2, 0) is 16.6 Å².